The molecule has 0 spiro atoms. The van der Waals surface area contributed by atoms with Crippen LogP contribution in [0.1, 0.15) is 24.6 Å². The fourth-order valence-corrected chi connectivity index (χ4v) is 2.21. The molecule has 0 aliphatic rings. The fourth-order valence-electron chi connectivity index (χ4n) is 2.21. The first-order chi connectivity index (χ1) is 11.0. The van der Waals surface area contributed by atoms with Crippen molar-refractivity contribution in [3.63, 3.8) is 0 Å². The molecule has 1 aromatic carbocycles. The molecule has 0 bridgehead atoms. The molecule has 8 nitrogen and oxygen atoms in total. The molecule has 0 aliphatic heterocycles. The minimum atomic E-state index is -0.987. The van der Waals surface area contributed by atoms with Crippen molar-refractivity contribution < 1.29 is 14.8 Å². The molecule has 1 atom stereocenters. The van der Waals surface area contributed by atoms with Crippen molar-refractivity contribution in [2.75, 3.05) is 0 Å². The number of benzene rings is 1. The van der Waals surface area contributed by atoms with E-state index in [1.54, 1.807) is 6.92 Å². The lowest BCUT2D eigenvalue weighted by molar-refractivity contribution is -0.385. The number of carboxylic acids is 1. The molecular formula is C15H18N4O4. The zero-order valence-electron chi connectivity index (χ0n) is 12.7. The summed E-state index contributed by atoms with van der Waals surface area (Å²) >= 11 is 0. The van der Waals surface area contributed by atoms with Gasteiger partial charge in [0.1, 0.15) is 12.2 Å². The maximum Gasteiger partial charge on any atom is 0.320 e. The van der Waals surface area contributed by atoms with E-state index in [9.17, 15) is 14.9 Å². The summed E-state index contributed by atoms with van der Waals surface area (Å²) in [6, 6.07) is 8.71. The monoisotopic (exact) mass is 318 g/mol. The molecule has 1 unspecified atom stereocenters. The molecule has 0 aliphatic carbocycles. The molecule has 1 aromatic heterocycles. The van der Waals surface area contributed by atoms with Crippen LogP contribution in [0.2, 0.25) is 0 Å². The van der Waals surface area contributed by atoms with Crippen molar-refractivity contribution in [1.29, 1.82) is 0 Å². The van der Waals surface area contributed by atoms with Crippen LogP contribution in [0.4, 0.5) is 5.69 Å². The molecule has 2 rings (SSSR count). The first-order valence-electron chi connectivity index (χ1n) is 7.22. The Balaban J connectivity index is 2.15. The summed E-state index contributed by atoms with van der Waals surface area (Å²) in [5.74, 6) is -0.987. The first kappa shape index (κ1) is 16.6. The lowest BCUT2D eigenvalue weighted by atomic mass is 10.2. The summed E-state index contributed by atoms with van der Waals surface area (Å²) in [5, 5.41) is 27.1. The van der Waals surface area contributed by atoms with Crippen LogP contribution in [0.5, 0.6) is 0 Å². The van der Waals surface area contributed by atoms with E-state index in [4.69, 9.17) is 5.11 Å². The highest BCUT2D eigenvalue weighted by molar-refractivity contribution is 5.73. The third-order valence-corrected chi connectivity index (χ3v) is 3.42. The second-order valence-corrected chi connectivity index (χ2v) is 5.08. The number of rotatable bonds is 8. The number of carboxylic acid groups (broad SMARTS) is 1. The Morgan fingerprint density at radius 2 is 2.13 bits per heavy atom. The molecule has 0 amide bonds. The standard InChI is InChI=1S/C15H18N4O4/c1-2-12(15(20)21)16-8-13-14(19(22)23)10-18(17-13)9-11-6-4-3-5-7-11/h3-7,10,12,16H,2,8-9H2,1H3,(H,20,21). The number of carbonyl (C=O) groups is 1. The summed E-state index contributed by atoms with van der Waals surface area (Å²) in [6.45, 7) is 2.18. The molecule has 0 saturated heterocycles. The molecule has 2 aromatic rings. The number of aromatic nitrogens is 2. The van der Waals surface area contributed by atoms with Gasteiger partial charge in [-0.25, -0.2) is 0 Å². The van der Waals surface area contributed by atoms with Crippen LogP contribution in [0.3, 0.4) is 0 Å². The Labute approximate surface area is 132 Å². The maximum absolute atomic E-state index is 11.1. The van der Waals surface area contributed by atoms with Crippen molar-refractivity contribution >= 4 is 11.7 Å². The van der Waals surface area contributed by atoms with E-state index in [0.29, 0.717) is 13.0 Å². The van der Waals surface area contributed by atoms with Crippen LogP contribution in [0.25, 0.3) is 0 Å². The van der Waals surface area contributed by atoms with Gasteiger partial charge in [-0.2, -0.15) is 5.10 Å². The van der Waals surface area contributed by atoms with Crippen LogP contribution in [0.15, 0.2) is 36.5 Å². The molecule has 2 N–H and O–H groups in total. The van der Waals surface area contributed by atoms with E-state index < -0.39 is 16.9 Å². The summed E-state index contributed by atoms with van der Waals surface area (Å²) < 4.78 is 1.49. The highest BCUT2D eigenvalue weighted by Gasteiger charge is 2.22. The topological polar surface area (TPSA) is 110 Å². The van der Waals surface area contributed by atoms with Crippen LogP contribution in [-0.2, 0) is 17.9 Å². The number of nitrogens with zero attached hydrogens (tertiary/aromatic N) is 3. The average Bonchev–Trinajstić information content (AvgIpc) is 2.91. The van der Waals surface area contributed by atoms with Gasteiger partial charge in [0.25, 0.3) is 0 Å². The molecule has 23 heavy (non-hydrogen) atoms. The van der Waals surface area contributed by atoms with E-state index in [1.165, 1.54) is 10.9 Å². The van der Waals surface area contributed by atoms with Crippen molar-refractivity contribution in [2.24, 2.45) is 0 Å². The Bertz CT molecular complexity index is 684. The second-order valence-electron chi connectivity index (χ2n) is 5.08. The molecule has 0 radical (unpaired) electrons. The minimum absolute atomic E-state index is 0.0307. The molecule has 1 heterocycles. The van der Waals surface area contributed by atoms with E-state index in [0.717, 1.165) is 5.56 Å². The van der Waals surface area contributed by atoms with Gasteiger partial charge in [0.15, 0.2) is 5.69 Å². The number of hydrogen-bond acceptors (Lipinski definition) is 5. The van der Waals surface area contributed by atoms with E-state index in [2.05, 4.69) is 10.4 Å². The Kier molecular flexibility index (Phi) is 5.42. The summed E-state index contributed by atoms with van der Waals surface area (Å²) in [6.07, 6.45) is 1.75. The Morgan fingerprint density at radius 1 is 1.43 bits per heavy atom. The SMILES string of the molecule is CCC(NCc1nn(Cc2ccccc2)cc1[N+](=O)[O-])C(=O)O. The predicted molar refractivity (Wildman–Crippen MR) is 83.0 cm³/mol. The van der Waals surface area contributed by atoms with Gasteiger partial charge in [0.05, 0.1) is 11.5 Å². The van der Waals surface area contributed by atoms with Crippen molar-refractivity contribution in [3.8, 4) is 0 Å². The van der Waals surface area contributed by atoms with Crippen molar-refractivity contribution in [1.82, 2.24) is 15.1 Å². The maximum atomic E-state index is 11.1. The van der Waals surface area contributed by atoms with Gasteiger partial charge in [0.2, 0.25) is 0 Å². The van der Waals surface area contributed by atoms with Crippen LogP contribution < -0.4 is 5.32 Å². The average molecular weight is 318 g/mol. The number of aliphatic carboxylic acids is 1. The Hall–Kier alpha value is -2.74. The van der Waals surface area contributed by atoms with Crippen LogP contribution in [-0.4, -0.2) is 31.8 Å². The summed E-state index contributed by atoms with van der Waals surface area (Å²) in [5.41, 5.74) is 1.08. The van der Waals surface area contributed by atoms with Crippen LogP contribution >= 0.6 is 0 Å². The lowest BCUT2D eigenvalue weighted by Gasteiger charge is -2.10. The summed E-state index contributed by atoms with van der Waals surface area (Å²) in [7, 11) is 0. The molecule has 8 heteroatoms. The van der Waals surface area contributed by atoms with Gasteiger partial charge >= 0.3 is 11.7 Å². The van der Waals surface area contributed by atoms with E-state index in [1.807, 2.05) is 30.3 Å². The van der Waals surface area contributed by atoms with Gasteiger partial charge in [-0.05, 0) is 12.0 Å². The predicted octanol–water partition coefficient (Wildman–Crippen LogP) is 1.79. The molecule has 0 fully saturated rings. The van der Waals surface area contributed by atoms with Crippen LogP contribution in [0, 0.1) is 10.1 Å². The zero-order valence-corrected chi connectivity index (χ0v) is 12.7. The van der Waals surface area contributed by atoms with Crippen molar-refractivity contribution in [2.45, 2.75) is 32.5 Å². The number of nitro groups is 1. The molecule has 122 valence electrons. The third kappa shape index (κ3) is 4.36. The first-order valence-corrected chi connectivity index (χ1v) is 7.22. The van der Waals surface area contributed by atoms with Gasteiger partial charge in [-0.3, -0.25) is 24.9 Å². The van der Waals surface area contributed by atoms with Gasteiger partial charge < -0.3 is 5.11 Å². The summed E-state index contributed by atoms with van der Waals surface area (Å²) in [4.78, 5) is 21.6. The smallest absolute Gasteiger partial charge is 0.320 e. The minimum Gasteiger partial charge on any atom is -0.480 e. The third-order valence-electron chi connectivity index (χ3n) is 3.42. The number of hydrogen-bond donors (Lipinski definition) is 2. The molecule has 0 saturated carbocycles. The quantitative estimate of drug-likeness (QED) is 0.567. The molecular weight excluding hydrogens is 300 g/mol. The highest BCUT2D eigenvalue weighted by Crippen LogP contribution is 2.17. The lowest BCUT2D eigenvalue weighted by Crippen LogP contribution is -2.35. The zero-order chi connectivity index (χ0) is 16.8. The highest BCUT2D eigenvalue weighted by atomic mass is 16.6. The van der Waals surface area contributed by atoms with E-state index in [-0.39, 0.29) is 17.9 Å². The second kappa shape index (κ2) is 7.50. The number of nitrogens with one attached hydrogen (secondary N) is 1. The van der Waals surface area contributed by atoms with E-state index >= 15 is 0 Å². The largest absolute Gasteiger partial charge is 0.480 e. The van der Waals surface area contributed by atoms with Crippen molar-refractivity contribution in [3.05, 3.63) is 57.9 Å². The van der Waals surface area contributed by atoms with Gasteiger partial charge in [-0.15, -0.1) is 0 Å². The van der Waals surface area contributed by atoms with Gasteiger partial charge in [-0.1, -0.05) is 37.3 Å². The fraction of sp³-hybridized carbons (Fsp3) is 0.333. The van der Waals surface area contributed by atoms with Gasteiger partial charge in [0, 0.05) is 6.54 Å². The Morgan fingerprint density at radius 3 is 2.70 bits per heavy atom. The normalized spacial score (nSPS) is 12.0.